The first-order valence-electron chi connectivity index (χ1n) is 4.29. The van der Waals surface area contributed by atoms with E-state index in [0.29, 0.717) is 6.42 Å². The molecule has 1 saturated carbocycles. The van der Waals surface area contributed by atoms with E-state index in [-0.39, 0.29) is 23.7 Å². The standard InChI is InChI=1S/C9H11NO3/c1-10-3-2-5-6(8(10)11)4-7(5)9(12)13/h2-3,5-7H,4H2,1H3,(H,12,13). The number of carbonyl (C=O) groups excluding carboxylic acids is 1. The highest BCUT2D eigenvalue weighted by Crippen LogP contribution is 2.44. The maximum atomic E-state index is 11.4. The summed E-state index contributed by atoms with van der Waals surface area (Å²) >= 11 is 0. The third-order valence-electron chi connectivity index (χ3n) is 2.95. The first-order valence-corrected chi connectivity index (χ1v) is 4.29. The summed E-state index contributed by atoms with van der Waals surface area (Å²) in [6.07, 6.45) is 3.99. The summed E-state index contributed by atoms with van der Waals surface area (Å²) in [5.74, 6) is -1.25. The Hall–Kier alpha value is -1.32. The predicted octanol–water partition coefficient (Wildman–Crippen LogP) is 0.309. The molecule has 0 bridgehead atoms. The molecule has 1 amide bonds. The van der Waals surface area contributed by atoms with Crippen molar-refractivity contribution in [2.75, 3.05) is 7.05 Å². The number of nitrogens with zero attached hydrogens (tertiary/aromatic N) is 1. The predicted molar refractivity (Wildman–Crippen MR) is 44.6 cm³/mol. The molecule has 1 heterocycles. The van der Waals surface area contributed by atoms with E-state index in [9.17, 15) is 9.59 Å². The van der Waals surface area contributed by atoms with Crippen LogP contribution in [0.5, 0.6) is 0 Å². The van der Waals surface area contributed by atoms with Gasteiger partial charge in [-0.2, -0.15) is 0 Å². The minimum Gasteiger partial charge on any atom is -0.481 e. The highest BCUT2D eigenvalue weighted by Gasteiger charge is 2.49. The topological polar surface area (TPSA) is 57.6 Å². The number of hydrogen-bond donors (Lipinski definition) is 1. The van der Waals surface area contributed by atoms with Crippen molar-refractivity contribution in [3.05, 3.63) is 12.3 Å². The molecule has 4 nitrogen and oxygen atoms in total. The van der Waals surface area contributed by atoms with Gasteiger partial charge in [-0.25, -0.2) is 0 Å². The first kappa shape index (κ1) is 8.29. The second-order valence-corrected chi connectivity index (χ2v) is 3.65. The highest BCUT2D eigenvalue weighted by atomic mass is 16.4. The quantitative estimate of drug-likeness (QED) is 0.633. The monoisotopic (exact) mass is 181 g/mol. The molecule has 1 fully saturated rings. The minimum atomic E-state index is -0.789. The third-order valence-corrected chi connectivity index (χ3v) is 2.95. The zero-order chi connectivity index (χ0) is 9.59. The number of amides is 1. The van der Waals surface area contributed by atoms with Crippen LogP contribution in [0, 0.1) is 17.8 Å². The lowest BCUT2D eigenvalue weighted by Gasteiger charge is -2.43. The summed E-state index contributed by atoms with van der Waals surface area (Å²) in [6.45, 7) is 0. The lowest BCUT2D eigenvalue weighted by Crippen LogP contribution is -2.50. The van der Waals surface area contributed by atoms with Gasteiger partial charge in [-0.05, 0) is 6.42 Å². The van der Waals surface area contributed by atoms with E-state index < -0.39 is 5.97 Å². The molecule has 1 aliphatic heterocycles. The van der Waals surface area contributed by atoms with Crippen molar-refractivity contribution in [2.24, 2.45) is 17.8 Å². The van der Waals surface area contributed by atoms with Crippen LogP contribution in [0.15, 0.2) is 12.3 Å². The molecular formula is C9H11NO3. The van der Waals surface area contributed by atoms with Gasteiger partial charge in [-0.15, -0.1) is 0 Å². The Balaban J connectivity index is 2.17. The van der Waals surface area contributed by atoms with Gasteiger partial charge in [0.25, 0.3) is 0 Å². The van der Waals surface area contributed by atoms with Crippen LogP contribution in [0.1, 0.15) is 6.42 Å². The minimum absolute atomic E-state index is 0.0463. The van der Waals surface area contributed by atoms with E-state index in [1.807, 2.05) is 6.08 Å². The van der Waals surface area contributed by atoms with Gasteiger partial charge in [-0.1, -0.05) is 6.08 Å². The Bertz CT molecular complexity index is 297. The molecule has 0 aromatic rings. The van der Waals surface area contributed by atoms with E-state index in [1.54, 1.807) is 13.2 Å². The first-order chi connectivity index (χ1) is 6.11. The summed E-state index contributed by atoms with van der Waals surface area (Å²) in [7, 11) is 1.70. The van der Waals surface area contributed by atoms with Crippen molar-refractivity contribution in [1.29, 1.82) is 0 Å². The maximum Gasteiger partial charge on any atom is 0.307 e. The van der Waals surface area contributed by atoms with Crippen molar-refractivity contribution in [2.45, 2.75) is 6.42 Å². The Labute approximate surface area is 75.8 Å². The Morgan fingerprint density at radius 2 is 2.38 bits per heavy atom. The molecule has 4 heteroatoms. The van der Waals surface area contributed by atoms with E-state index in [4.69, 9.17) is 5.11 Å². The number of allylic oxidation sites excluding steroid dienone is 1. The number of hydrogen-bond acceptors (Lipinski definition) is 2. The van der Waals surface area contributed by atoms with E-state index in [2.05, 4.69) is 0 Å². The summed E-state index contributed by atoms with van der Waals surface area (Å²) in [6, 6.07) is 0. The average molecular weight is 181 g/mol. The van der Waals surface area contributed by atoms with Crippen molar-refractivity contribution >= 4 is 11.9 Å². The lowest BCUT2D eigenvalue weighted by atomic mass is 9.63. The number of carboxylic acid groups (broad SMARTS) is 1. The van der Waals surface area contributed by atoms with Crippen LogP contribution in [0.3, 0.4) is 0 Å². The van der Waals surface area contributed by atoms with Crippen LogP contribution in [-0.2, 0) is 9.59 Å². The van der Waals surface area contributed by atoms with Gasteiger partial charge in [0, 0.05) is 25.1 Å². The molecule has 0 aromatic carbocycles. The number of carboxylic acids is 1. The third kappa shape index (κ3) is 1.05. The SMILES string of the molecule is CN1C=CC2C(C(=O)O)CC2C1=O. The van der Waals surface area contributed by atoms with E-state index >= 15 is 0 Å². The number of fused-ring (bicyclic) bond motifs is 1. The van der Waals surface area contributed by atoms with E-state index in [0.717, 1.165) is 0 Å². The molecule has 0 radical (unpaired) electrons. The molecule has 0 saturated heterocycles. The molecule has 13 heavy (non-hydrogen) atoms. The molecule has 3 atom stereocenters. The molecular weight excluding hydrogens is 170 g/mol. The molecule has 3 unspecified atom stereocenters. The van der Waals surface area contributed by atoms with Crippen molar-refractivity contribution in [3.63, 3.8) is 0 Å². The maximum absolute atomic E-state index is 11.4. The van der Waals surface area contributed by atoms with Crippen LogP contribution >= 0.6 is 0 Å². The molecule has 0 aromatic heterocycles. The number of rotatable bonds is 1. The fraction of sp³-hybridized carbons (Fsp3) is 0.556. The fourth-order valence-corrected chi connectivity index (χ4v) is 2.04. The van der Waals surface area contributed by atoms with Crippen LogP contribution < -0.4 is 0 Å². The van der Waals surface area contributed by atoms with Gasteiger partial charge in [0.15, 0.2) is 0 Å². The molecule has 2 rings (SSSR count). The van der Waals surface area contributed by atoms with Crippen LogP contribution in [0.4, 0.5) is 0 Å². The van der Waals surface area contributed by atoms with Gasteiger partial charge in [0.1, 0.15) is 0 Å². The summed E-state index contributed by atoms with van der Waals surface area (Å²) in [5, 5.41) is 8.77. The second kappa shape index (κ2) is 2.58. The summed E-state index contributed by atoms with van der Waals surface area (Å²) in [4.78, 5) is 23.6. The van der Waals surface area contributed by atoms with E-state index in [1.165, 1.54) is 4.90 Å². The number of carbonyl (C=O) groups is 2. The average Bonchev–Trinajstić information content (AvgIpc) is 1.99. The number of aliphatic carboxylic acids is 1. The van der Waals surface area contributed by atoms with Crippen LogP contribution in [0.25, 0.3) is 0 Å². The lowest BCUT2D eigenvalue weighted by molar-refractivity contribution is -0.155. The van der Waals surface area contributed by atoms with Crippen LogP contribution in [0.2, 0.25) is 0 Å². The van der Waals surface area contributed by atoms with Crippen LogP contribution in [-0.4, -0.2) is 28.9 Å². The molecule has 1 N–H and O–H groups in total. The molecule has 2 aliphatic rings. The Kier molecular flexibility index (Phi) is 1.65. The summed E-state index contributed by atoms with van der Waals surface area (Å²) in [5.41, 5.74) is 0. The normalized spacial score (nSPS) is 36.8. The Morgan fingerprint density at radius 3 is 3.00 bits per heavy atom. The largest absolute Gasteiger partial charge is 0.481 e. The molecule has 1 aliphatic carbocycles. The zero-order valence-electron chi connectivity index (χ0n) is 7.30. The molecule has 70 valence electrons. The zero-order valence-corrected chi connectivity index (χ0v) is 7.30. The van der Waals surface area contributed by atoms with Gasteiger partial charge in [0.05, 0.1) is 5.92 Å². The Morgan fingerprint density at radius 1 is 1.69 bits per heavy atom. The fourth-order valence-electron chi connectivity index (χ4n) is 2.04. The van der Waals surface area contributed by atoms with Gasteiger partial charge in [0.2, 0.25) is 5.91 Å². The van der Waals surface area contributed by atoms with Gasteiger partial charge in [-0.3, -0.25) is 9.59 Å². The van der Waals surface area contributed by atoms with Gasteiger partial charge < -0.3 is 10.0 Å². The molecule has 0 spiro atoms. The highest BCUT2D eigenvalue weighted by molar-refractivity contribution is 5.85. The van der Waals surface area contributed by atoms with Crippen molar-refractivity contribution in [1.82, 2.24) is 4.90 Å². The van der Waals surface area contributed by atoms with Crippen molar-refractivity contribution < 1.29 is 14.7 Å². The second-order valence-electron chi connectivity index (χ2n) is 3.65. The smallest absolute Gasteiger partial charge is 0.307 e. The van der Waals surface area contributed by atoms with Gasteiger partial charge >= 0.3 is 5.97 Å². The van der Waals surface area contributed by atoms with Crippen molar-refractivity contribution in [3.8, 4) is 0 Å². The summed E-state index contributed by atoms with van der Waals surface area (Å²) < 4.78 is 0.